The van der Waals surface area contributed by atoms with E-state index in [4.69, 9.17) is 9.15 Å². The largest absolute Gasteiger partial charge is 0.482 e. The van der Waals surface area contributed by atoms with Crippen molar-refractivity contribution in [2.75, 3.05) is 11.5 Å². The lowest BCUT2D eigenvalue weighted by molar-refractivity contribution is -0.121. The number of amides is 2. The van der Waals surface area contributed by atoms with Crippen LogP contribution in [-0.4, -0.2) is 29.4 Å². The Morgan fingerprint density at radius 1 is 1.32 bits per heavy atom. The van der Waals surface area contributed by atoms with Crippen LogP contribution in [0.3, 0.4) is 0 Å². The quantitative estimate of drug-likeness (QED) is 0.901. The van der Waals surface area contributed by atoms with E-state index in [1.807, 2.05) is 32.9 Å². The van der Waals surface area contributed by atoms with Crippen molar-refractivity contribution in [2.45, 2.75) is 33.4 Å². The summed E-state index contributed by atoms with van der Waals surface area (Å²) in [4.78, 5) is 30.1. The van der Waals surface area contributed by atoms with Gasteiger partial charge >= 0.3 is 0 Å². The minimum atomic E-state index is -0.287. The Balaban J connectivity index is 1.73. The van der Waals surface area contributed by atoms with Gasteiger partial charge in [0.15, 0.2) is 12.3 Å². The molecule has 0 saturated carbocycles. The van der Waals surface area contributed by atoms with Crippen LogP contribution in [0.1, 0.15) is 37.2 Å². The monoisotopic (exact) mass is 343 g/mol. The van der Waals surface area contributed by atoms with Gasteiger partial charge in [-0.15, -0.1) is 0 Å². The fourth-order valence-corrected chi connectivity index (χ4v) is 2.40. The van der Waals surface area contributed by atoms with Crippen molar-refractivity contribution in [2.24, 2.45) is 5.92 Å². The molecule has 0 radical (unpaired) electrons. The predicted octanol–water partition coefficient (Wildman–Crippen LogP) is 2.37. The van der Waals surface area contributed by atoms with E-state index in [2.05, 4.69) is 10.3 Å². The first-order valence-corrected chi connectivity index (χ1v) is 8.23. The number of nitrogens with one attached hydrogen (secondary N) is 1. The first kappa shape index (κ1) is 17.0. The summed E-state index contributed by atoms with van der Waals surface area (Å²) in [7, 11) is 0. The number of oxazole rings is 1. The molecule has 7 nitrogen and oxygen atoms in total. The molecule has 2 amide bonds. The predicted molar refractivity (Wildman–Crippen MR) is 91.4 cm³/mol. The van der Waals surface area contributed by atoms with Crippen molar-refractivity contribution < 1.29 is 18.7 Å². The fraction of sp³-hybridized carbons (Fsp3) is 0.389. The summed E-state index contributed by atoms with van der Waals surface area (Å²) in [6.45, 7) is 6.11. The fourth-order valence-electron chi connectivity index (χ4n) is 2.40. The zero-order valence-corrected chi connectivity index (χ0v) is 14.5. The summed E-state index contributed by atoms with van der Waals surface area (Å²) < 4.78 is 10.8. The van der Waals surface area contributed by atoms with E-state index in [-0.39, 0.29) is 36.7 Å². The zero-order chi connectivity index (χ0) is 18.0. The van der Waals surface area contributed by atoms with E-state index < -0.39 is 0 Å². The molecule has 25 heavy (non-hydrogen) atoms. The normalized spacial score (nSPS) is 14.9. The molecule has 2 aromatic rings. The van der Waals surface area contributed by atoms with Gasteiger partial charge in [0.1, 0.15) is 18.6 Å². The minimum Gasteiger partial charge on any atom is -0.482 e. The number of para-hydroxylation sites is 2. The summed E-state index contributed by atoms with van der Waals surface area (Å²) in [5.41, 5.74) is 0.868. The Kier molecular flexibility index (Phi) is 4.74. The van der Waals surface area contributed by atoms with E-state index in [1.165, 1.54) is 6.26 Å². The van der Waals surface area contributed by atoms with Gasteiger partial charge in [-0.3, -0.25) is 14.5 Å². The first-order valence-electron chi connectivity index (χ1n) is 8.23. The molecule has 1 aromatic heterocycles. The topological polar surface area (TPSA) is 84.7 Å². The van der Waals surface area contributed by atoms with Crippen LogP contribution in [0.4, 0.5) is 5.69 Å². The highest BCUT2D eigenvalue weighted by Gasteiger charge is 2.27. The maximum atomic E-state index is 12.2. The second kappa shape index (κ2) is 6.96. The van der Waals surface area contributed by atoms with Crippen molar-refractivity contribution in [1.29, 1.82) is 0 Å². The molecule has 0 bridgehead atoms. The highest BCUT2D eigenvalue weighted by atomic mass is 16.5. The van der Waals surface area contributed by atoms with Crippen molar-refractivity contribution in [1.82, 2.24) is 10.3 Å². The van der Waals surface area contributed by atoms with E-state index >= 15 is 0 Å². The maximum absolute atomic E-state index is 12.2. The third-order valence-corrected chi connectivity index (χ3v) is 4.24. The second-order valence-electron chi connectivity index (χ2n) is 6.37. The number of ether oxygens (including phenoxy) is 1. The summed E-state index contributed by atoms with van der Waals surface area (Å²) in [6.07, 6.45) is 1.31. The van der Waals surface area contributed by atoms with Gasteiger partial charge in [-0.05, 0) is 25.0 Å². The van der Waals surface area contributed by atoms with Crippen LogP contribution in [0.15, 0.2) is 34.9 Å². The van der Waals surface area contributed by atoms with Crippen LogP contribution in [0.25, 0.3) is 0 Å². The molecule has 0 aliphatic carbocycles. The average molecular weight is 343 g/mol. The van der Waals surface area contributed by atoms with Gasteiger partial charge in [0.05, 0.1) is 5.69 Å². The first-order chi connectivity index (χ1) is 12.0. The van der Waals surface area contributed by atoms with Gasteiger partial charge in [-0.2, -0.15) is 0 Å². The number of fused-ring (bicyclic) bond motifs is 1. The highest BCUT2D eigenvalue weighted by molar-refractivity contribution is 5.97. The van der Waals surface area contributed by atoms with Gasteiger partial charge < -0.3 is 14.5 Å². The van der Waals surface area contributed by atoms with Crippen LogP contribution in [-0.2, 0) is 11.3 Å². The van der Waals surface area contributed by atoms with Crippen molar-refractivity contribution in [3.05, 3.63) is 42.1 Å². The number of benzene rings is 1. The third-order valence-electron chi connectivity index (χ3n) is 4.24. The SMILES string of the molecule is CC(C)C(C)NC(=O)c1coc(CN2C(=O)COc3ccccc32)n1. The van der Waals surface area contributed by atoms with E-state index in [0.717, 1.165) is 0 Å². The van der Waals surface area contributed by atoms with Crippen molar-refractivity contribution in [3.63, 3.8) is 0 Å². The lowest BCUT2D eigenvalue weighted by Gasteiger charge is -2.28. The Hall–Kier alpha value is -2.83. The molecular weight excluding hydrogens is 322 g/mol. The molecule has 0 spiro atoms. The number of rotatable bonds is 5. The number of hydrogen-bond donors (Lipinski definition) is 1. The van der Waals surface area contributed by atoms with Crippen LogP contribution >= 0.6 is 0 Å². The van der Waals surface area contributed by atoms with Crippen LogP contribution in [0.5, 0.6) is 5.75 Å². The van der Waals surface area contributed by atoms with Gasteiger partial charge in [0.2, 0.25) is 5.89 Å². The summed E-state index contributed by atoms with van der Waals surface area (Å²) >= 11 is 0. The second-order valence-corrected chi connectivity index (χ2v) is 6.37. The summed E-state index contributed by atoms with van der Waals surface area (Å²) in [5.74, 6) is 0.781. The Bertz CT molecular complexity index is 784. The molecule has 7 heteroatoms. The van der Waals surface area contributed by atoms with Crippen molar-refractivity contribution >= 4 is 17.5 Å². The molecule has 1 aliphatic rings. The number of anilines is 1. The highest BCUT2D eigenvalue weighted by Crippen LogP contribution is 2.32. The molecule has 0 saturated heterocycles. The Labute approximate surface area is 146 Å². The minimum absolute atomic E-state index is 0.0281. The molecule has 3 rings (SSSR count). The van der Waals surface area contributed by atoms with Gasteiger partial charge in [0.25, 0.3) is 11.8 Å². The van der Waals surface area contributed by atoms with Crippen LogP contribution < -0.4 is 15.0 Å². The number of nitrogens with zero attached hydrogens (tertiary/aromatic N) is 2. The molecular formula is C18H21N3O4. The van der Waals surface area contributed by atoms with Gasteiger partial charge in [0, 0.05) is 6.04 Å². The van der Waals surface area contributed by atoms with Gasteiger partial charge in [-0.1, -0.05) is 26.0 Å². The van der Waals surface area contributed by atoms with E-state index in [1.54, 1.807) is 17.0 Å². The Morgan fingerprint density at radius 3 is 2.84 bits per heavy atom. The summed E-state index contributed by atoms with van der Waals surface area (Å²) in [5, 5.41) is 2.88. The van der Waals surface area contributed by atoms with Crippen LogP contribution in [0.2, 0.25) is 0 Å². The lowest BCUT2D eigenvalue weighted by Crippen LogP contribution is -2.38. The molecule has 132 valence electrons. The lowest BCUT2D eigenvalue weighted by atomic mass is 10.1. The van der Waals surface area contributed by atoms with Gasteiger partial charge in [-0.25, -0.2) is 4.98 Å². The molecule has 1 atom stereocenters. The average Bonchev–Trinajstić information content (AvgIpc) is 3.06. The molecule has 1 aliphatic heterocycles. The molecule has 1 N–H and O–H groups in total. The molecule has 2 heterocycles. The van der Waals surface area contributed by atoms with E-state index in [0.29, 0.717) is 23.2 Å². The zero-order valence-electron chi connectivity index (χ0n) is 14.5. The number of carbonyl (C=O) groups excluding carboxylic acids is 2. The number of hydrogen-bond acceptors (Lipinski definition) is 5. The molecule has 0 fully saturated rings. The smallest absolute Gasteiger partial charge is 0.273 e. The maximum Gasteiger partial charge on any atom is 0.273 e. The Morgan fingerprint density at radius 2 is 2.08 bits per heavy atom. The molecule has 1 unspecified atom stereocenters. The van der Waals surface area contributed by atoms with Crippen molar-refractivity contribution in [3.8, 4) is 5.75 Å². The molecule has 1 aromatic carbocycles. The van der Waals surface area contributed by atoms with E-state index in [9.17, 15) is 9.59 Å². The van der Waals surface area contributed by atoms with Crippen LogP contribution in [0, 0.1) is 5.92 Å². The number of carbonyl (C=O) groups is 2. The standard InChI is InChI=1S/C18H21N3O4/c1-11(2)12(3)19-18(23)13-9-25-16(20-13)8-21-14-6-4-5-7-15(14)24-10-17(21)22/h4-7,9,11-12H,8,10H2,1-3H3,(H,19,23). The summed E-state index contributed by atoms with van der Waals surface area (Å²) in [6, 6.07) is 7.30. The third kappa shape index (κ3) is 3.65. The number of aromatic nitrogens is 1.